The van der Waals surface area contributed by atoms with E-state index in [4.69, 9.17) is 23.2 Å². The number of amides is 2. The Balaban J connectivity index is 2.10. The first kappa shape index (κ1) is 32.3. The Labute approximate surface area is 249 Å². The van der Waals surface area contributed by atoms with Crippen LogP contribution in [0, 0.1) is 11.6 Å². The monoisotopic (exact) mass is 625 g/mol. The maximum Gasteiger partial charge on any atom is 0.244 e. The molecule has 220 valence electrons. The fraction of sp³-hybridized carbons (Fsp3) is 0.310. The molecule has 3 aromatic carbocycles. The molecule has 7 nitrogen and oxygen atoms in total. The quantitative estimate of drug-likeness (QED) is 0.318. The van der Waals surface area contributed by atoms with Crippen molar-refractivity contribution in [1.29, 1.82) is 0 Å². The molecule has 41 heavy (non-hydrogen) atoms. The Morgan fingerprint density at radius 1 is 0.902 bits per heavy atom. The lowest BCUT2D eigenvalue weighted by Gasteiger charge is -2.35. The molecule has 1 atom stereocenters. The van der Waals surface area contributed by atoms with E-state index in [1.54, 1.807) is 51.1 Å². The van der Waals surface area contributed by atoms with Crippen LogP contribution in [-0.2, 0) is 32.6 Å². The van der Waals surface area contributed by atoms with Gasteiger partial charge in [-0.15, -0.1) is 0 Å². The maximum absolute atomic E-state index is 14.0. The number of carbonyl (C=O) groups excluding carboxylic acids is 2. The number of carbonyl (C=O) groups is 2. The molecule has 3 rings (SSSR count). The van der Waals surface area contributed by atoms with Crippen LogP contribution in [0.15, 0.2) is 66.7 Å². The molecule has 12 heteroatoms. The minimum Gasteiger partial charge on any atom is -0.350 e. The summed E-state index contributed by atoms with van der Waals surface area (Å²) in [7, 11) is -4.14. The molecule has 0 radical (unpaired) electrons. The number of sulfonamides is 1. The van der Waals surface area contributed by atoms with Crippen molar-refractivity contribution in [2.24, 2.45) is 0 Å². The van der Waals surface area contributed by atoms with E-state index >= 15 is 0 Å². The van der Waals surface area contributed by atoms with E-state index in [-0.39, 0.29) is 23.7 Å². The minimum absolute atomic E-state index is 0.111. The third-order valence-electron chi connectivity index (χ3n) is 5.98. The van der Waals surface area contributed by atoms with Gasteiger partial charge in [0.05, 0.1) is 22.0 Å². The molecule has 1 unspecified atom stereocenters. The van der Waals surface area contributed by atoms with Crippen LogP contribution in [0.2, 0.25) is 10.0 Å². The lowest BCUT2D eigenvalue weighted by Crippen LogP contribution is -2.56. The van der Waals surface area contributed by atoms with Gasteiger partial charge in [-0.25, -0.2) is 17.2 Å². The van der Waals surface area contributed by atoms with Gasteiger partial charge in [-0.05, 0) is 56.2 Å². The van der Waals surface area contributed by atoms with Crippen LogP contribution in [0.3, 0.4) is 0 Å². The summed E-state index contributed by atoms with van der Waals surface area (Å²) in [4.78, 5) is 28.9. The summed E-state index contributed by atoms with van der Waals surface area (Å²) in [5.74, 6) is -3.66. The maximum atomic E-state index is 14.0. The van der Waals surface area contributed by atoms with Crippen LogP contribution in [0.1, 0.15) is 31.9 Å². The summed E-state index contributed by atoms with van der Waals surface area (Å²) >= 11 is 12.3. The Hall–Kier alpha value is -3.21. The first-order valence-electron chi connectivity index (χ1n) is 12.6. The molecule has 0 spiro atoms. The predicted molar refractivity (Wildman–Crippen MR) is 157 cm³/mol. The van der Waals surface area contributed by atoms with Crippen LogP contribution in [-0.4, -0.2) is 49.5 Å². The number of benzene rings is 3. The van der Waals surface area contributed by atoms with Crippen molar-refractivity contribution in [3.8, 4) is 0 Å². The Bertz CT molecular complexity index is 1520. The van der Waals surface area contributed by atoms with E-state index in [2.05, 4.69) is 5.32 Å². The number of anilines is 1. The summed E-state index contributed by atoms with van der Waals surface area (Å²) in [5.41, 5.74) is 0.407. The molecule has 0 heterocycles. The first-order valence-corrected chi connectivity index (χ1v) is 15.2. The molecule has 2 amide bonds. The van der Waals surface area contributed by atoms with E-state index in [1.165, 1.54) is 4.90 Å². The highest BCUT2D eigenvalue weighted by Crippen LogP contribution is 2.26. The van der Waals surface area contributed by atoms with Gasteiger partial charge in [0.25, 0.3) is 0 Å². The molecule has 0 aliphatic rings. The molecule has 0 aliphatic carbocycles. The second-order valence-electron chi connectivity index (χ2n) is 10.6. The highest BCUT2D eigenvalue weighted by atomic mass is 35.5. The molecule has 0 aliphatic heterocycles. The smallest absolute Gasteiger partial charge is 0.244 e. The zero-order chi connectivity index (χ0) is 30.5. The van der Waals surface area contributed by atoms with Crippen molar-refractivity contribution in [1.82, 2.24) is 10.2 Å². The SMILES string of the molecule is CC(C)(C)NC(=O)C(Cc1ccccc1)N(Cc1ccc(Cl)c(Cl)c1)C(=O)CN(c1ccc(F)c(F)c1)S(C)(=O)=O. The van der Waals surface area contributed by atoms with Gasteiger partial charge in [0.15, 0.2) is 11.6 Å². The molecule has 3 aromatic rings. The van der Waals surface area contributed by atoms with Gasteiger partial charge in [0.2, 0.25) is 21.8 Å². The summed E-state index contributed by atoms with van der Waals surface area (Å²) in [6, 6.07) is 15.2. The van der Waals surface area contributed by atoms with E-state index < -0.39 is 51.6 Å². The molecular formula is C29H31Cl2F2N3O4S. The standard InChI is InChI=1S/C29H31Cl2F2N3O4S/c1-29(2,3)34-28(38)26(15-19-8-6-5-7-9-19)35(17-20-10-12-22(30)23(31)14-20)27(37)18-36(41(4,39)40)21-11-13-24(32)25(33)16-21/h5-14,16,26H,15,17-18H2,1-4H3,(H,34,38). The fourth-order valence-electron chi connectivity index (χ4n) is 4.10. The Kier molecular flexibility index (Phi) is 10.4. The summed E-state index contributed by atoms with van der Waals surface area (Å²) in [5, 5.41) is 3.43. The van der Waals surface area contributed by atoms with Crippen molar-refractivity contribution >= 4 is 50.7 Å². The number of nitrogens with one attached hydrogen (secondary N) is 1. The zero-order valence-electron chi connectivity index (χ0n) is 23.0. The fourth-order valence-corrected chi connectivity index (χ4v) is 5.26. The number of hydrogen-bond donors (Lipinski definition) is 1. The van der Waals surface area contributed by atoms with Crippen LogP contribution in [0.5, 0.6) is 0 Å². The number of nitrogens with zero attached hydrogens (tertiary/aromatic N) is 2. The van der Waals surface area contributed by atoms with Crippen molar-refractivity contribution < 1.29 is 26.8 Å². The molecule has 0 fully saturated rings. The number of hydrogen-bond acceptors (Lipinski definition) is 4. The summed E-state index contributed by atoms with van der Waals surface area (Å²) in [6.07, 6.45) is 0.957. The van der Waals surface area contributed by atoms with Gasteiger partial charge in [-0.1, -0.05) is 59.6 Å². The van der Waals surface area contributed by atoms with Crippen LogP contribution in [0.25, 0.3) is 0 Å². The first-order chi connectivity index (χ1) is 19.0. The molecule has 0 saturated heterocycles. The minimum atomic E-state index is -4.14. The molecular weight excluding hydrogens is 595 g/mol. The zero-order valence-corrected chi connectivity index (χ0v) is 25.3. The normalized spacial score (nSPS) is 12.5. The van der Waals surface area contributed by atoms with Gasteiger partial charge in [-0.3, -0.25) is 13.9 Å². The second-order valence-corrected chi connectivity index (χ2v) is 13.3. The van der Waals surface area contributed by atoms with E-state index in [0.717, 1.165) is 24.0 Å². The lowest BCUT2D eigenvalue weighted by molar-refractivity contribution is -0.140. The Morgan fingerprint density at radius 2 is 1.56 bits per heavy atom. The van der Waals surface area contributed by atoms with E-state index in [1.807, 2.05) is 18.2 Å². The van der Waals surface area contributed by atoms with Gasteiger partial charge >= 0.3 is 0 Å². The second kappa shape index (κ2) is 13.2. The van der Waals surface area contributed by atoms with Gasteiger partial charge in [0.1, 0.15) is 12.6 Å². The third kappa shape index (κ3) is 9.14. The Morgan fingerprint density at radius 3 is 2.12 bits per heavy atom. The predicted octanol–water partition coefficient (Wildman–Crippen LogP) is 5.59. The van der Waals surface area contributed by atoms with Gasteiger partial charge in [0, 0.05) is 24.6 Å². The average Bonchev–Trinajstić information content (AvgIpc) is 2.87. The molecule has 0 bridgehead atoms. The van der Waals surface area contributed by atoms with Crippen LogP contribution >= 0.6 is 23.2 Å². The van der Waals surface area contributed by atoms with Crippen LogP contribution in [0.4, 0.5) is 14.5 Å². The highest BCUT2D eigenvalue weighted by Gasteiger charge is 2.34. The average molecular weight is 627 g/mol. The van der Waals surface area contributed by atoms with E-state index in [0.29, 0.717) is 21.0 Å². The van der Waals surface area contributed by atoms with Crippen molar-refractivity contribution in [3.63, 3.8) is 0 Å². The summed E-state index contributed by atoms with van der Waals surface area (Å²) in [6.45, 7) is 4.48. The number of rotatable bonds is 10. The van der Waals surface area contributed by atoms with Crippen molar-refractivity contribution in [3.05, 3.63) is 99.5 Å². The van der Waals surface area contributed by atoms with Gasteiger partial charge in [-0.2, -0.15) is 0 Å². The topological polar surface area (TPSA) is 86.8 Å². The third-order valence-corrected chi connectivity index (χ3v) is 7.86. The van der Waals surface area contributed by atoms with E-state index in [9.17, 15) is 26.8 Å². The van der Waals surface area contributed by atoms with Crippen molar-refractivity contribution in [2.75, 3.05) is 17.1 Å². The van der Waals surface area contributed by atoms with Gasteiger partial charge < -0.3 is 10.2 Å². The molecule has 1 N–H and O–H groups in total. The lowest BCUT2D eigenvalue weighted by atomic mass is 10.0. The highest BCUT2D eigenvalue weighted by molar-refractivity contribution is 7.92. The van der Waals surface area contributed by atoms with Crippen LogP contribution < -0.4 is 9.62 Å². The molecule has 0 aromatic heterocycles. The molecule has 0 saturated carbocycles. The summed E-state index contributed by atoms with van der Waals surface area (Å²) < 4.78 is 53.8. The van der Waals surface area contributed by atoms with Crippen molar-refractivity contribution in [2.45, 2.75) is 45.3 Å². The number of halogens is 4. The largest absolute Gasteiger partial charge is 0.350 e.